The molecule has 0 atom stereocenters. The molecule has 0 aliphatic carbocycles. The predicted octanol–water partition coefficient (Wildman–Crippen LogP) is 5.96. The summed E-state index contributed by atoms with van der Waals surface area (Å²) in [6, 6.07) is 20.8. The van der Waals surface area contributed by atoms with Crippen LogP contribution in [-0.2, 0) is 22.7 Å². The number of anilines is 1. The first kappa shape index (κ1) is 23.6. The molecule has 0 unspecified atom stereocenters. The lowest BCUT2D eigenvalue weighted by atomic mass is 10.1. The Bertz CT molecular complexity index is 1520. The van der Waals surface area contributed by atoms with Gasteiger partial charge in [-0.05, 0) is 66.2 Å². The van der Waals surface area contributed by atoms with Crippen molar-refractivity contribution < 1.29 is 18.8 Å². The summed E-state index contributed by atoms with van der Waals surface area (Å²) >= 11 is 0.916. The summed E-state index contributed by atoms with van der Waals surface area (Å²) in [7, 11) is 0. The zero-order valence-electron chi connectivity index (χ0n) is 19.4. The van der Waals surface area contributed by atoms with Gasteiger partial charge in [0.2, 0.25) is 5.91 Å². The highest BCUT2D eigenvalue weighted by Crippen LogP contribution is 2.35. The molecule has 1 aliphatic rings. The molecule has 0 radical (unpaired) electrons. The van der Waals surface area contributed by atoms with Crippen LogP contribution >= 0.6 is 11.8 Å². The standard InChI is InChI=1S/C28H22FN3O3S/c1-18-6-2-3-7-19(18)16-32-27(34)25(36-28(32)35)14-20-15-31(24-9-5-4-8-23(20)24)17-26(33)30-22-12-10-21(29)11-13-22/h2-15H,16-17H2,1H3,(H,30,33)/b25-14-. The smallest absolute Gasteiger partial charge is 0.293 e. The van der Waals surface area contributed by atoms with Crippen molar-refractivity contribution in [2.45, 2.75) is 20.0 Å². The number of imide groups is 1. The van der Waals surface area contributed by atoms with Crippen LogP contribution in [0.2, 0.25) is 0 Å². The number of nitrogens with one attached hydrogen (secondary N) is 1. The van der Waals surface area contributed by atoms with Crippen molar-refractivity contribution in [3.05, 3.63) is 106 Å². The third-order valence-electron chi connectivity index (χ3n) is 6.01. The number of aryl methyl sites for hydroxylation is 1. The average molecular weight is 500 g/mol. The molecule has 1 aromatic heterocycles. The van der Waals surface area contributed by atoms with E-state index in [2.05, 4.69) is 5.32 Å². The molecule has 0 bridgehead atoms. The maximum atomic E-state index is 13.1. The zero-order valence-corrected chi connectivity index (χ0v) is 20.2. The van der Waals surface area contributed by atoms with E-state index in [1.807, 2.05) is 55.5 Å². The van der Waals surface area contributed by atoms with Gasteiger partial charge >= 0.3 is 0 Å². The molecule has 36 heavy (non-hydrogen) atoms. The minimum atomic E-state index is -0.377. The van der Waals surface area contributed by atoms with Crippen LogP contribution in [0, 0.1) is 12.7 Å². The van der Waals surface area contributed by atoms with Gasteiger partial charge in [-0.1, -0.05) is 42.5 Å². The molecule has 8 heteroatoms. The molecule has 1 aliphatic heterocycles. The van der Waals surface area contributed by atoms with Crippen LogP contribution < -0.4 is 5.32 Å². The van der Waals surface area contributed by atoms with E-state index in [9.17, 15) is 18.8 Å². The van der Waals surface area contributed by atoms with E-state index in [0.29, 0.717) is 10.6 Å². The number of thioether (sulfide) groups is 1. The Kier molecular flexibility index (Phi) is 6.43. The van der Waals surface area contributed by atoms with E-state index >= 15 is 0 Å². The van der Waals surface area contributed by atoms with Crippen LogP contribution in [0.3, 0.4) is 0 Å². The first-order valence-electron chi connectivity index (χ1n) is 11.3. The lowest BCUT2D eigenvalue weighted by Gasteiger charge is -2.14. The van der Waals surface area contributed by atoms with E-state index in [4.69, 9.17) is 0 Å². The van der Waals surface area contributed by atoms with E-state index in [1.54, 1.807) is 16.8 Å². The van der Waals surface area contributed by atoms with Crippen molar-refractivity contribution in [1.82, 2.24) is 9.47 Å². The SMILES string of the molecule is Cc1ccccc1CN1C(=O)S/C(=C\c2cn(CC(=O)Nc3ccc(F)cc3)c3ccccc23)C1=O. The largest absolute Gasteiger partial charge is 0.337 e. The second-order valence-corrected chi connectivity index (χ2v) is 9.47. The first-order chi connectivity index (χ1) is 17.4. The molecule has 1 saturated heterocycles. The van der Waals surface area contributed by atoms with Gasteiger partial charge in [-0.2, -0.15) is 0 Å². The molecular weight excluding hydrogens is 477 g/mol. The lowest BCUT2D eigenvalue weighted by Crippen LogP contribution is -2.27. The Morgan fingerprint density at radius 1 is 1.00 bits per heavy atom. The van der Waals surface area contributed by atoms with Crippen molar-refractivity contribution >= 4 is 51.5 Å². The predicted molar refractivity (Wildman–Crippen MR) is 140 cm³/mol. The van der Waals surface area contributed by atoms with Gasteiger partial charge < -0.3 is 9.88 Å². The lowest BCUT2D eigenvalue weighted by molar-refractivity contribution is -0.123. The molecule has 6 nitrogen and oxygen atoms in total. The van der Waals surface area contributed by atoms with Crippen LogP contribution in [0.25, 0.3) is 17.0 Å². The van der Waals surface area contributed by atoms with Crippen molar-refractivity contribution in [2.24, 2.45) is 0 Å². The monoisotopic (exact) mass is 499 g/mol. The average Bonchev–Trinajstić information content (AvgIpc) is 3.33. The van der Waals surface area contributed by atoms with E-state index in [1.165, 1.54) is 29.2 Å². The van der Waals surface area contributed by atoms with Gasteiger partial charge in [-0.3, -0.25) is 19.3 Å². The van der Waals surface area contributed by atoms with Crippen LogP contribution in [-0.4, -0.2) is 26.5 Å². The Morgan fingerprint density at radius 2 is 1.72 bits per heavy atom. The van der Waals surface area contributed by atoms with Gasteiger partial charge in [-0.25, -0.2) is 4.39 Å². The summed E-state index contributed by atoms with van der Waals surface area (Å²) in [5.74, 6) is -0.982. The van der Waals surface area contributed by atoms with Crippen LogP contribution in [0.5, 0.6) is 0 Å². The van der Waals surface area contributed by atoms with Gasteiger partial charge in [0.15, 0.2) is 0 Å². The normalized spacial score (nSPS) is 14.7. The number of fused-ring (bicyclic) bond motifs is 1. The summed E-state index contributed by atoms with van der Waals surface area (Å²) in [4.78, 5) is 40.0. The number of nitrogens with zero attached hydrogens (tertiary/aromatic N) is 2. The third kappa shape index (κ3) is 4.81. The molecular formula is C28H22FN3O3S. The molecule has 0 saturated carbocycles. The van der Waals surface area contributed by atoms with Gasteiger partial charge in [0.25, 0.3) is 11.1 Å². The Labute approximate surface area is 211 Å². The summed E-state index contributed by atoms with van der Waals surface area (Å²) in [6.45, 7) is 2.20. The summed E-state index contributed by atoms with van der Waals surface area (Å²) < 4.78 is 14.9. The number of carbonyl (C=O) groups is 3. The molecule has 180 valence electrons. The third-order valence-corrected chi connectivity index (χ3v) is 6.92. The topological polar surface area (TPSA) is 71.4 Å². The minimum absolute atomic E-state index is 0.0283. The summed E-state index contributed by atoms with van der Waals surface area (Å²) in [5, 5.41) is 3.31. The number of carbonyl (C=O) groups excluding carboxylic acids is 3. The molecule has 5 rings (SSSR count). The number of amides is 3. The second-order valence-electron chi connectivity index (χ2n) is 8.48. The number of hydrogen-bond acceptors (Lipinski definition) is 4. The maximum absolute atomic E-state index is 13.1. The number of aromatic nitrogens is 1. The molecule has 1 N–H and O–H groups in total. The number of hydrogen-bond donors (Lipinski definition) is 1. The molecule has 2 heterocycles. The maximum Gasteiger partial charge on any atom is 0.293 e. The fraction of sp³-hybridized carbons (Fsp3) is 0.107. The highest BCUT2D eigenvalue weighted by Gasteiger charge is 2.35. The van der Waals surface area contributed by atoms with Gasteiger partial charge in [0, 0.05) is 28.4 Å². The summed E-state index contributed by atoms with van der Waals surface area (Å²) in [5.41, 5.74) is 3.99. The number of benzene rings is 3. The number of rotatable bonds is 6. The Balaban J connectivity index is 1.39. The van der Waals surface area contributed by atoms with E-state index < -0.39 is 0 Å². The van der Waals surface area contributed by atoms with E-state index in [0.717, 1.165) is 39.4 Å². The first-order valence-corrected chi connectivity index (χ1v) is 12.1. The van der Waals surface area contributed by atoms with Gasteiger partial charge in [-0.15, -0.1) is 0 Å². The van der Waals surface area contributed by atoms with Crippen LogP contribution in [0.1, 0.15) is 16.7 Å². The van der Waals surface area contributed by atoms with E-state index in [-0.39, 0.29) is 36.0 Å². The quantitative estimate of drug-likeness (QED) is 0.332. The molecule has 3 aromatic carbocycles. The van der Waals surface area contributed by atoms with Gasteiger partial charge in [0.1, 0.15) is 12.4 Å². The van der Waals surface area contributed by atoms with Crippen molar-refractivity contribution in [1.29, 1.82) is 0 Å². The second kappa shape index (κ2) is 9.83. The molecule has 1 fully saturated rings. The molecule has 4 aromatic rings. The van der Waals surface area contributed by atoms with Crippen molar-refractivity contribution in [3.8, 4) is 0 Å². The highest BCUT2D eigenvalue weighted by molar-refractivity contribution is 8.18. The van der Waals surface area contributed by atoms with Gasteiger partial charge in [0.05, 0.1) is 11.4 Å². The fourth-order valence-electron chi connectivity index (χ4n) is 4.14. The fourth-order valence-corrected chi connectivity index (χ4v) is 4.97. The number of halogens is 1. The zero-order chi connectivity index (χ0) is 25.2. The molecule has 3 amide bonds. The Morgan fingerprint density at radius 3 is 2.50 bits per heavy atom. The van der Waals surface area contributed by atoms with Crippen molar-refractivity contribution in [2.75, 3.05) is 5.32 Å². The summed E-state index contributed by atoms with van der Waals surface area (Å²) in [6.07, 6.45) is 3.50. The van der Waals surface area contributed by atoms with Crippen LogP contribution in [0.4, 0.5) is 14.9 Å². The minimum Gasteiger partial charge on any atom is -0.337 e. The van der Waals surface area contributed by atoms with Crippen molar-refractivity contribution in [3.63, 3.8) is 0 Å². The molecule has 0 spiro atoms. The van der Waals surface area contributed by atoms with Crippen LogP contribution in [0.15, 0.2) is 83.9 Å². The Hall–Kier alpha value is -4.17. The highest BCUT2D eigenvalue weighted by atomic mass is 32.2. The number of para-hydroxylation sites is 1.